The van der Waals surface area contributed by atoms with E-state index in [4.69, 9.17) is 5.11 Å². The Balaban J connectivity index is 2.02. The van der Waals surface area contributed by atoms with E-state index in [9.17, 15) is 19.5 Å². The molecule has 0 radical (unpaired) electrons. The zero-order chi connectivity index (χ0) is 19.9. The van der Waals surface area contributed by atoms with Gasteiger partial charge in [-0.2, -0.15) is 0 Å². The average Bonchev–Trinajstić information content (AvgIpc) is 2.82. The summed E-state index contributed by atoms with van der Waals surface area (Å²) in [5.74, 6) is -1.31. The number of nitrogens with zero attached hydrogens (tertiary/aromatic N) is 1. The normalized spacial score (nSPS) is 16.9. The number of carboxylic acid groups (broad SMARTS) is 1. The van der Waals surface area contributed by atoms with Crippen LogP contribution in [-0.2, 0) is 10.2 Å². The summed E-state index contributed by atoms with van der Waals surface area (Å²) < 4.78 is 0. The van der Waals surface area contributed by atoms with Crippen molar-refractivity contribution in [2.24, 2.45) is 0 Å². The Labute approximate surface area is 157 Å². The summed E-state index contributed by atoms with van der Waals surface area (Å²) in [5.41, 5.74) is 2.15. The van der Waals surface area contributed by atoms with Crippen LogP contribution in [0.5, 0.6) is 5.75 Å². The molecule has 2 aromatic rings. The van der Waals surface area contributed by atoms with Crippen LogP contribution in [0.4, 0.5) is 5.69 Å². The SMILES string of the molecule is Cc1ccc2c(c1)C(C)(C)C(=Cc1c(O)c(=O)c1=O)N2CCCCC(=O)O. The first-order chi connectivity index (χ1) is 12.6. The molecular formula is C21H23NO5. The number of allylic oxidation sites excluding steroid dienone is 1. The van der Waals surface area contributed by atoms with E-state index in [1.807, 2.05) is 32.9 Å². The van der Waals surface area contributed by atoms with E-state index < -0.39 is 28.0 Å². The first-order valence-corrected chi connectivity index (χ1v) is 8.99. The minimum absolute atomic E-state index is 0.0446. The molecule has 1 aliphatic rings. The number of aliphatic carboxylic acids is 1. The van der Waals surface area contributed by atoms with Crippen molar-refractivity contribution in [1.82, 2.24) is 0 Å². The predicted octanol–water partition coefficient (Wildman–Crippen LogP) is 2.69. The molecule has 0 aromatic heterocycles. The van der Waals surface area contributed by atoms with E-state index >= 15 is 0 Å². The van der Waals surface area contributed by atoms with Crippen LogP contribution in [0.3, 0.4) is 0 Å². The standard InChI is InChI=1S/C21H23NO5/c1-12-7-8-15-14(10-12)21(2,3)16(11-13-18(25)20(27)19(13)26)22(15)9-5-4-6-17(23)24/h7-8,10-11,25H,4-6,9H2,1-3H3,(H,23,24). The molecule has 142 valence electrons. The third-order valence-electron chi connectivity index (χ3n) is 5.27. The zero-order valence-electron chi connectivity index (χ0n) is 15.7. The number of hydrogen-bond acceptors (Lipinski definition) is 5. The van der Waals surface area contributed by atoms with Gasteiger partial charge in [-0.15, -0.1) is 0 Å². The molecular weight excluding hydrogens is 346 g/mol. The van der Waals surface area contributed by atoms with Gasteiger partial charge in [-0.1, -0.05) is 31.5 Å². The minimum atomic E-state index is -0.848. The quantitative estimate of drug-likeness (QED) is 0.600. The smallest absolute Gasteiger partial charge is 0.303 e. The number of hydrogen-bond donors (Lipinski definition) is 2. The predicted molar refractivity (Wildman–Crippen MR) is 104 cm³/mol. The highest BCUT2D eigenvalue weighted by molar-refractivity contribution is 5.78. The van der Waals surface area contributed by atoms with Crippen LogP contribution in [0.15, 0.2) is 33.5 Å². The Morgan fingerprint density at radius 3 is 2.52 bits per heavy atom. The third-order valence-corrected chi connectivity index (χ3v) is 5.27. The molecule has 27 heavy (non-hydrogen) atoms. The summed E-state index contributed by atoms with van der Waals surface area (Å²) in [7, 11) is 0. The molecule has 1 aliphatic heterocycles. The Morgan fingerprint density at radius 1 is 1.19 bits per heavy atom. The maximum absolute atomic E-state index is 11.8. The molecule has 6 heteroatoms. The first kappa shape index (κ1) is 18.9. The van der Waals surface area contributed by atoms with Gasteiger partial charge in [0, 0.05) is 29.8 Å². The molecule has 6 nitrogen and oxygen atoms in total. The summed E-state index contributed by atoms with van der Waals surface area (Å²) in [4.78, 5) is 36.0. The molecule has 0 fully saturated rings. The molecule has 0 bridgehead atoms. The molecule has 3 rings (SSSR count). The van der Waals surface area contributed by atoms with Crippen LogP contribution < -0.4 is 15.8 Å². The van der Waals surface area contributed by atoms with Gasteiger partial charge in [-0.05, 0) is 37.5 Å². The molecule has 2 aromatic carbocycles. The van der Waals surface area contributed by atoms with Crippen molar-refractivity contribution in [2.75, 3.05) is 11.4 Å². The highest BCUT2D eigenvalue weighted by Crippen LogP contribution is 2.48. The monoisotopic (exact) mass is 369 g/mol. The number of rotatable bonds is 6. The largest absolute Gasteiger partial charge is 0.504 e. The van der Waals surface area contributed by atoms with Crippen molar-refractivity contribution >= 4 is 17.7 Å². The van der Waals surface area contributed by atoms with Crippen molar-refractivity contribution in [3.63, 3.8) is 0 Å². The lowest BCUT2D eigenvalue weighted by molar-refractivity contribution is -0.137. The van der Waals surface area contributed by atoms with Crippen molar-refractivity contribution in [2.45, 2.75) is 45.4 Å². The highest BCUT2D eigenvalue weighted by atomic mass is 16.4. The number of aryl methyl sites for hydroxylation is 1. The summed E-state index contributed by atoms with van der Waals surface area (Å²) >= 11 is 0. The molecule has 0 atom stereocenters. The van der Waals surface area contributed by atoms with E-state index in [1.165, 1.54) is 0 Å². The topological polar surface area (TPSA) is 94.9 Å². The Morgan fingerprint density at radius 2 is 1.89 bits per heavy atom. The fraction of sp³-hybridized carbons (Fsp3) is 0.381. The Hall–Kier alpha value is -2.89. The van der Waals surface area contributed by atoms with Crippen LogP contribution in [0.25, 0.3) is 6.08 Å². The van der Waals surface area contributed by atoms with Crippen LogP contribution in [0, 0.1) is 6.92 Å². The van der Waals surface area contributed by atoms with Gasteiger partial charge in [-0.3, -0.25) is 14.4 Å². The maximum atomic E-state index is 11.8. The maximum Gasteiger partial charge on any atom is 0.303 e. The second-order valence-electron chi connectivity index (χ2n) is 7.60. The highest BCUT2D eigenvalue weighted by Gasteiger charge is 2.40. The Bertz CT molecular complexity index is 1010. The van der Waals surface area contributed by atoms with E-state index in [-0.39, 0.29) is 12.0 Å². The molecule has 0 aliphatic carbocycles. The summed E-state index contributed by atoms with van der Waals surface area (Å²) in [6, 6.07) is 6.13. The number of benzene rings is 1. The summed E-state index contributed by atoms with van der Waals surface area (Å²) in [6.45, 7) is 6.68. The van der Waals surface area contributed by atoms with Crippen molar-refractivity contribution in [3.05, 3.63) is 61.0 Å². The molecule has 0 saturated carbocycles. The van der Waals surface area contributed by atoms with Crippen molar-refractivity contribution < 1.29 is 15.0 Å². The number of aromatic hydroxyl groups is 1. The summed E-state index contributed by atoms with van der Waals surface area (Å²) in [6.07, 6.45) is 2.93. The van der Waals surface area contributed by atoms with Gasteiger partial charge < -0.3 is 15.1 Å². The van der Waals surface area contributed by atoms with Crippen LogP contribution in [0.2, 0.25) is 0 Å². The lowest BCUT2D eigenvalue weighted by Gasteiger charge is -2.27. The molecule has 0 unspecified atom stereocenters. The molecule has 1 heterocycles. The van der Waals surface area contributed by atoms with E-state index in [0.717, 1.165) is 22.5 Å². The van der Waals surface area contributed by atoms with Gasteiger partial charge in [0.2, 0.25) is 5.43 Å². The van der Waals surface area contributed by atoms with Crippen molar-refractivity contribution in [1.29, 1.82) is 0 Å². The zero-order valence-corrected chi connectivity index (χ0v) is 15.7. The number of carboxylic acids is 1. The van der Waals surface area contributed by atoms with Crippen LogP contribution >= 0.6 is 0 Å². The fourth-order valence-electron chi connectivity index (χ4n) is 3.70. The number of fused-ring (bicyclic) bond motifs is 1. The van der Waals surface area contributed by atoms with Gasteiger partial charge in [0.15, 0.2) is 5.75 Å². The molecule has 0 spiro atoms. The lowest BCUT2D eigenvalue weighted by Crippen LogP contribution is -2.34. The number of anilines is 1. The van der Waals surface area contributed by atoms with Gasteiger partial charge in [0.25, 0.3) is 5.43 Å². The summed E-state index contributed by atoms with van der Waals surface area (Å²) in [5, 5.41) is 18.6. The van der Waals surface area contributed by atoms with Gasteiger partial charge >= 0.3 is 5.97 Å². The van der Waals surface area contributed by atoms with Crippen LogP contribution in [0.1, 0.15) is 49.8 Å². The van der Waals surface area contributed by atoms with Crippen LogP contribution in [-0.4, -0.2) is 22.7 Å². The van der Waals surface area contributed by atoms with Gasteiger partial charge in [-0.25, -0.2) is 0 Å². The third kappa shape index (κ3) is 3.16. The second kappa shape index (κ2) is 6.68. The lowest BCUT2D eigenvalue weighted by atomic mass is 9.82. The average molecular weight is 369 g/mol. The van der Waals surface area contributed by atoms with Crippen molar-refractivity contribution in [3.8, 4) is 5.75 Å². The van der Waals surface area contributed by atoms with E-state index in [2.05, 4.69) is 11.0 Å². The minimum Gasteiger partial charge on any atom is -0.504 e. The Kier molecular flexibility index (Phi) is 4.68. The second-order valence-corrected chi connectivity index (χ2v) is 7.60. The fourth-order valence-corrected chi connectivity index (χ4v) is 3.70. The van der Waals surface area contributed by atoms with E-state index in [1.54, 1.807) is 6.08 Å². The first-order valence-electron chi connectivity index (χ1n) is 8.99. The molecule has 0 saturated heterocycles. The molecule has 2 N–H and O–H groups in total. The number of carbonyl (C=O) groups is 1. The van der Waals surface area contributed by atoms with Gasteiger partial charge in [0.05, 0.1) is 5.56 Å². The van der Waals surface area contributed by atoms with E-state index in [0.29, 0.717) is 19.4 Å². The molecule has 0 amide bonds. The van der Waals surface area contributed by atoms with Gasteiger partial charge in [0.1, 0.15) is 0 Å². The number of unbranched alkanes of at least 4 members (excludes halogenated alkanes) is 1.